The summed E-state index contributed by atoms with van der Waals surface area (Å²) >= 11 is 3.48. The smallest absolute Gasteiger partial charge is 0.0992 e. The minimum absolute atomic E-state index is 0.597. The lowest BCUT2D eigenvalue weighted by atomic mass is 9.85. The van der Waals surface area contributed by atoms with Crippen LogP contribution in [0.1, 0.15) is 38.2 Å². The Hall–Kier alpha value is -1.01. The summed E-state index contributed by atoms with van der Waals surface area (Å²) in [5.41, 5.74) is 1.86. The van der Waals surface area contributed by atoms with Crippen molar-refractivity contribution in [2.24, 2.45) is 5.92 Å². The minimum Gasteiger partial charge on any atom is -0.371 e. The Kier molecular flexibility index (Phi) is 4.29. The van der Waals surface area contributed by atoms with Gasteiger partial charge in [0, 0.05) is 23.2 Å². The molecule has 1 aromatic carbocycles. The molecule has 2 unspecified atom stereocenters. The Morgan fingerprint density at radius 1 is 1.28 bits per heavy atom. The van der Waals surface area contributed by atoms with Crippen LogP contribution in [-0.4, -0.2) is 13.1 Å². The van der Waals surface area contributed by atoms with Crippen LogP contribution in [0.4, 0.5) is 5.69 Å². The van der Waals surface area contributed by atoms with E-state index in [1.54, 1.807) is 0 Å². The van der Waals surface area contributed by atoms with Crippen LogP contribution in [0.2, 0.25) is 0 Å². The molecule has 1 aliphatic rings. The minimum atomic E-state index is 0.597. The second-order valence-corrected chi connectivity index (χ2v) is 6.17. The van der Waals surface area contributed by atoms with Gasteiger partial charge in [-0.15, -0.1) is 0 Å². The molecule has 1 aliphatic carbocycles. The summed E-state index contributed by atoms with van der Waals surface area (Å²) in [6, 6.07) is 8.76. The zero-order valence-electron chi connectivity index (χ0n) is 11.0. The fraction of sp³-hybridized carbons (Fsp3) is 0.533. The Labute approximate surface area is 118 Å². The number of halogens is 1. The third kappa shape index (κ3) is 2.87. The molecule has 2 atom stereocenters. The molecule has 1 aromatic rings. The maximum absolute atomic E-state index is 9.04. The van der Waals surface area contributed by atoms with Crippen LogP contribution in [0.15, 0.2) is 22.7 Å². The lowest BCUT2D eigenvalue weighted by Crippen LogP contribution is -2.39. The number of rotatable bonds is 2. The molecule has 1 saturated carbocycles. The van der Waals surface area contributed by atoms with Crippen molar-refractivity contribution in [1.82, 2.24) is 0 Å². The van der Waals surface area contributed by atoms with Crippen molar-refractivity contribution in [1.29, 1.82) is 5.26 Å². The van der Waals surface area contributed by atoms with Crippen molar-refractivity contribution < 1.29 is 0 Å². The Balaban J connectivity index is 2.25. The van der Waals surface area contributed by atoms with Gasteiger partial charge in [-0.2, -0.15) is 5.26 Å². The summed E-state index contributed by atoms with van der Waals surface area (Å²) in [6.07, 6.45) is 5.24. The molecule has 0 N–H and O–H groups in total. The van der Waals surface area contributed by atoms with E-state index in [1.165, 1.54) is 25.7 Å². The Morgan fingerprint density at radius 3 is 2.67 bits per heavy atom. The van der Waals surface area contributed by atoms with Crippen molar-refractivity contribution in [2.75, 3.05) is 11.9 Å². The van der Waals surface area contributed by atoms with E-state index in [0.717, 1.165) is 21.6 Å². The summed E-state index contributed by atoms with van der Waals surface area (Å²) in [4.78, 5) is 2.34. The van der Waals surface area contributed by atoms with E-state index >= 15 is 0 Å². The van der Waals surface area contributed by atoms with Gasteiger partial charge < -0.3 is 4.90 Å². The molecular weight excluding hydrogens is 288 g/mol. The highest BCUT2D eigenvalue weighted by Crippen LogP contribution is 2.32. The van der Waals surface area contributed by atoms with Gasteiger partial charge in [-0.05, 0) is 37.0 Å². The van der Waals surface area contributed by atoms with Crippen molar-refractivity contribution in [3.63, 3.8) is 0 Å². The van der Waals surface area contributed by atoms with E-state index in [9.17, 15) is 0 Å². The van der Waals surface area contributed by atoms with Gasteiger partial charge in [0.2, 0.25) is 0 Å². The molecule has 1 fully saturated rings. The standard InChI is InChI=1S/C15H19BrN2/c1-11-5-3-4-6-15(11)18(2)14-8-12(10-17)7-13(16)9-14/h7-9,11,15H,3-6H2,1-2H3. The summed E-state index contributed by atoms with van der Waals surface area (Å²) in [6.45, 7) is 2.34. The second kappa shape index (κ2) is 5.75. The third-order valence-corrected chi connectivity index (χ3v) is 4.44. The maximum atomic E-state index is 9.04. The number of benzene rings is 1. The fourth-order valence-electron chi connectivity index (χ4n) is 2.91. The quantitative estimate of drug-likeness (QED) is 0.813. The van der Waals surface area contributed by atoms with Crippen LogP contribution in [0.5, 0.6) is 0 Å². The lowest BCUT2D eigenvalue weighted by molar-refractivity contribution is 0.321. The first-order valence-corrected chi connectivity index (χ1v) is 7.34. The zero-order chi connectivity index (χ0) is 13.1. The first kappa shape index (κ1) is 13.4. The number of hydrogen-bond acceptors (Lipinski definition) is 2. The predicted octanol–water partition coefficient (Wildman–Crippen LogP) is 4.34. The first-order chi connectivity index (χ1) is 8.61. The molecule has 0 aromatic heterocycles. The first-order valence-electron chi connectivity index (χ1n) is 6.55. The third-order valence-electron chi connectivity index (χ3n) is 3.98. The van der Waals surface area contributed by atoms with Crippen LogP contribution >= 0.6 is 15.9 Å². The molecule has 0 aliphatic heterocycles. The molecular formula is C15H19BrN2. The van der Waals surface area contributed by atoms with E-state index in [2.05, 4.69) is 46.9 Å². The van der Waals surface area contributed by atoms with Crippen LogP contribution in [0.25, 0.3) is 0 Å². The van der Waals surface area contributed by atoms with Crippen LogP contribution in [0.3, 0.4) is 0 Å². The van der Waals surface area contributed by atoms with Gasteiger partial charge in [0.1, 0.15) is 0 Å². The van der Waals surface area contributed by atoms with Crippen molar-refractivity contribution in [2.45, 2.75) is 38.6 Å². The van der Waals surface area contributed by atoms with Crippen molar-refractivity contribution >= 4 is 21.6 Å². The molecule has 2 rings (SSSR count). The highest BCUT2D eigenvalue weighted by Gasteiger charge is 2.25. The van der Waals surface area contributed by atoms with Crippen LogP contribution < -0.4 is 4.90 Å². The average Bonchev–Trinajstić information content (AvgIpc) is 2.37. The molecule has 96 valence electrons. The average molecular weight is 307 g/mol. The highest BCUT2D eigenvalue weighted by molar-refractivity contribution is 9.10. The molecule has 3 heteroatoms. The van der Waals surface area contributed by atoms with E-state index in [0.29, 0.717) is 6.04 Å². The zero-order valence-corrected chi connectivity index (χ0v) is 12.6. The topological polar surface area (TPSA) is 27.0 Å². The Bertz CT molecular complexity index is 464. The van der Waals surface area contributed by atoms with Gasteiger partial charge >= 0.3 is 0 Å². The normalized spacial score (nSPS) is 23.4. The monoisotopic (exact) mass is 306 g/mol. The number of hydrogen-bond donors (Lipinski definition) is 0. The molecule has 18 heavy (non-hydrogen) atoms. The molecule has 2 nitrogen and oxygen atoms in total. The molecule has 0 bridgehead atoms. The molecule has 0 spiro atoms. The predicted molar refractivity (Wildman–Crippen MR) is 78.7 cm³/mol. The fourth-order valence-corrected chi connectivity index (χ4v) is 3.39. The SMILES string of the molecule is CC1CCCCC1N(C)c1cc(Br)cc(C#N)c1. The van der Waals surface area contributed by atoms with Crippen molar-refractivity contribution in [3.8, 4) is 6.07 Å². The highest BCUT2D eigenvalue weighted by atomic mass is 79.9. The van der Waals surface area contributed by atoms with E-state index in [1.807, 2.05) is 12.1 Å². The van der Waals surface area contributed by atoms with Gasteiger partial charge in [0.05, 0.1) is 11.6 Å². The number of nitriles is 1. The van der Waals surface area contributed by atoms with Crippen molar-refractivity contribution in [3.05, 3.63) is 28.2 Å². The van der Waals surface area contributed by atoms with Gasteiger partial charge in [0.15, 0.2) is 0 Å². The lowest BCUT2D eigenvalue weighted by Gasteiger charge is -2.37. The van der Waals surface area contributed by atoms with E-state index < -0.39 is 0 Å². The molecule has 0 heterocycles. The second-order valence-electron chi connectivity index (χ2n) is 5.25. The maximum Gasteiger partial charge on any atom is 0.0992 e. The van der Waals surface area contributed by atoms with E-state index in [-0.39, 0.29) is 0 Å². The number of nitrogens with zero attached hydrogens (tertiary/aromatic N) is 2. The summed E-state index contributed by atoms with van der Waals surface area (Å²) in [5.74, 6) is 0.730. The van der Waals surface area contributed by atoms with Gasteiger partial charge in [-0.3, -0.25) is 0 Å². The Morgan fingerprint density at radius 2 is 2.00 bits per heavy atom. The summed E-state index contributed by atoms with van der Waals surface area (Å²) < 4.78 is 0.979. The largest absolute Gasteiger partial charge is 0.371 e. The summed E-state index contributed by atoms with van der Waals surface area (Å²) in [5, 5.41) is 9.04. The van der Waals surface area contributed by atoms with Crippen LogP contribution in [0, 0.1) is 17.2 Å². The number of anilines is 1. The van der Waals surface area contributed by atoms with Gasteiger partial charge in [0.25, 0.3) is 0 Å². The summed E-state index contributed by atoms with van der Waals surface area (Å²) in [7, 11) is 2.15. The molecule has 0 saturated heterocycles. The van der Waals surface area contributed by atoms with E-state index in [4.69, 9.17) is 5.26 Å². The van der Waals surface area contributed by atoms with Crippen LogP contribution in [-0.2, 0) is 0 Å². The van der Waals surface area contributed by atoms with Gasteiger partial charge in [-0.1, -0.05) is 35.7 Å². The van der Waals surface area contributed by atoms with Gasteiger partial charge in [-0.25, -0.2) is 0 Å². The molecule has 0 amide bonds. The molecule has 0 radical (unpaired) electrons.